The van der Waals surface area contributed by atoms with Crippen LogP contribution in [0.15, 0.2) is 52.3 Å². The van der Waals surface area contributed by atoms with E-state index in [1.165, 1.54) is 4.90 Å². The standard InChI is InChI=1S/C20H21N2O3S/c1-20(2,3)18(11-23)22-19(24)12-25-13-8-9-17-15(10-13)21-14-6-4-5-7-16(14)26-17/h4-10,18,21H,12H2,1-3H3,(H,22,24)/t18-/m1/s1. The van der Waals surface area contributed by atoms with Crippen LogP contribution in [0.2, 0.25) is 0 Å². The van der Waals surface area contributed by atoms with Gasteiger partial charge in [0.15, 0.2) is 6.61 Å². The fourth-order valence-electron chi connectivity index (χ4n) is 2.48. The third-order valence-electron chi connectivity index (χ3n) is 3.99. The number of amides is 1. The Morgan fingerprint density at radius 1 is 1.19 bits per heavy atom. The molecule has 26 heavy (non-hydrogen) atoms. The Morgan fingerprint density at radius 3 is 2.65 bits per heavy atom. The normalized spacial score (nSPS) is 13.7. The fourth-order valence-corrected chi connectivity index (χ4v) is 3.45. The van der Waals surface area contributed by atoms with Crippen molar-refractivity contribution in [3.63, 3.8) is 0 Å². The Morgan fingerprint density at radius 2 is 1.92 bits per heavy atom. The van der Waals surface area contributed by atoms with Crippen LogP contribution < -0.4 is 15.4 Å². The second-order valence-corrected chi connectivity index (χ2v) is 8.24. The third kappa shape index (κ3) is 4.19. The van der Waals surface area contributed by atoms with Crippen molar-refractivity contribution < 1.29 is 14.3 Å². The van der Waals surface area contributed by atoms with Gasteiger partial charge in [0, 0.05) is 15.9 Å². The summed E-state index contributed by atoms with van der Waals surface area (Å²) in [6.07, 6.45) is 1.87. The first-order valence-corrected chi connectivity index (χ1v) is 9.16. The third-order valence-corrected chi connectivity index (χ3v) is 5.14. The van der Waals surface area contributed by atoms with E-state index < -0.39 is 11.5 Å². The molecule has 0 aliphatic carbocycles. The zero-order valence-corrected chi connectivity index (χ0v) is 15.8. The van der Waals surface area contributed by atoms with E-state index in [2.05, 4.69) is 16.7 Å². The zero-order valence-electron chi connectivity index (χ0n) is 15.0. The van der Waals surface area contributed by atoms with Crippen molar-refractivity contribution in [1.29, 1.82) is 0 Å². The average molecular weight is 369 g/mol. The number of benzene rings is 2. The SMILES string of the molecule is CC(C)(C)[C@@H]([C]=O)NC(=O)COc1ccc2c(c1)Nc1ccccc1S2. The van der Waals surface area contributed by atoms with Gasteiger partial charge in [0.25, 0.3) is 5.91 Å². The van der Waals surface area contributed by atoms with E-state index in [0.717, 1.165) is 16.3 Å². The van der Waals surface area contributed by atoms with Crippen molar-refractivity contribution in [2.45, 2.75) is 36.6 Å². The molecule has 1 aliphatic heterocycles. The predicted octanol–water partition coefficient (Wildman–Crippen LogP) is 3.91. The number of para-hydroxylation sites is 1. The maximum absolute atomic E-state index is 12.0. The fraction of sp³-hybridized carbons (Fsp3) is 0.300. The molecule has 2 aromatic rings. The number of nitrogens with one attached hydrogen (secondary N) is 2. The molecule has 0 saturated heterocycles. The van der Waals surface area contributed by atoms with Crippen LogP contribution in [0.25, 0.3) is 0 Å². The van der Waals surface area contributed by atoms with Crippen molar-refractivity contribution in [2.24, 2.45) is 5.41 Å². The number of anilines is 2. The molecule has 5 nitrogen and oxygen atoms in total. The molecule has 0 aromatic heterocycles. The lowest BCUT2D eigenvalue weighted by Crippen LogP contribution is -2.46. The summed E-state index contributed by atoms with van der Waals surface area (Å²) in [5.41, 5.74) is 1.60. The minimum absolute atomic E-state index is 0.156. The van der Waals surface area contributed by atoms with Gasteiger partial charge in [-0.2, -0.15) is 0 Å². The molecular formula is C20H21N2O3S. The summed E-state index contributed by atoms with van der Waals surface area (Å²) in [6, 6.07) is 13.1. The van der Waals surface area contributed by atoms with E-state index in [-0.39, 0.29) is 12.5 Å². The van der Waals surface area contributed by atoms with Crippen molar-refractivity contribution in [3.05, 3.63) is 42.5 Å². The van der Waals surface area contributed by atoms with Crippen LogP contribution in [0.5, 0.6) is 5.75 Å². The van der Waals surface area contributed by atoms with Gasteiger partial charge >= 0.3 is 0 Å². The summed E-state index contributed by atoms with van der Waals surface area (Å²) in [7, 11) is 0. The Balaban J connectivity index is 1.62. The lowest BCUT2D eigenvalue weighted by atomic mass is 9.88. The first kappa shape index (κ1) is 18.3. The van der Waals surface area contributed by atoms with Crippen LogP contribution in [0.4, 0.5) is 11.4 Å². The maximum atomic E-state index is 12.0. The van der Waals surface area contributed by atoms with Gasteiger partial charge in [-0.05, 0) is 29.7 Å². The summed E-state index contributed by atoms with van der Waals surface area (Å²) in [4.78, 5) is 25.4. The molecular weight excluding hydrogens is 348 g/mol. The summed E-state index contributed by atoms with van der Waals surface area (Å²) in [6.45, 7) is 5.45. The first-order valence-electron chi connectivity index (χ1n) is 8.34. The molecule has 1 amide bonds. The van der Waals surface area contributed by atoms with Crippen molar-refractivity contribution in [1.82, 2.24) is 5.32 Å². The molecule has 135 valence electrons. The van der Waals surface area contributed by atoms with Crippen LogP contribution in [0.3, 0.4) is 0 Å². The second kappa shape index (κ2) is 7.41. The van der Waals surface area contributed by atoms with E-state index >= 15 is 0 Å². The Hall–Kier alpha value is -2.47. The molecule has 1 aliphatic rings. The van der Waals surface area contributed by atoms with Crippen molar-refractivity contribution in [2.75, 3.05) is 11.9 Å². The van der Waals surface area contributed by atoms with Crippen LogP contribution >= 0.6 is 11.8 Å². The highest BCUT2D eigenvalue weighted by atomic mass is 32.2. The average Bonchev–Trinajstić information content (AvgIpc) is 2.61. The van der Waals surface area contributed by atoms with Crippen LogP contribution in [0.1, 0.15) is 20.8 Å². The molecule has 2 N–H and O–H groups in total. The lowest BCUT2D eigenvalue weighted by molar-refractivity contribution is -0.124. The highest BCUT2D eigenvalue weighted by Gasteiger charge is 2.26. The van der Waals surface area contributed by atoms with Gasteiger partial charge in [0.2, 0.25) is 6.29 Å². The molecule has 0 fully saturated rings. The summed E-state index contributed by atoms with van der Waals surface area (Å²) < 4.78 is 5.59. The lowest BCUT2D eigenvalue weighted by Gasteiger charge is -2.26. The van der Waals surface area contributed by atoms with Gasteiger partial charge in [-0.1, -0.05) is 44.7 Å². The molecule has 1 heterocycles. The van der Waals surface area contributed by atoms with Gasteiger partial charge in [-0.15, -0.1) is 0 Å². The van der Waals surface area contributed by atoms with Gasteiger partial charge in [0.05, 0.1) is 11.4 Å². The molecule has 0 bridgehead atoms. The van der Waals surface area contributed by atoms with E-state index in [0.29, 0.717) is 5.75 Å². The minimum atomic E-state index is -0.670. The van der Waals surface area contributed by atoms with E-state index in [4.69, 9.17) is 4.74 Å². The molecule has 1 atom stereocenters. The van der Waals surface area contributed by atoms with E-state index in [1.807, 2.05) is 63.5 Å². The number of carbonyl (C=O) groups is 1. The molecule has 1 radical (unpaired) electrons. The van der Waals surface area contributed by atoms with E-state index in [1.54, 1.807) is 11.8 Å². The molecule has 0 saturated carbocycles. The topological polar surface area (TPSA) is 67.4 Å². The van der Waals surface area contributed by atoms with Gasteiger partial charge in [0.1, 0.15) is 11.8 Å². The largest absolute Gasteiger partial charge is 0.484 e. The first-order chi connectivity index (χ1) is 12.4. The van der Waals surface area contributed by atoms with Crippen LogP contribution in [0, 0.1) is 5.41 Å². The van der Waals surface area contributed by atoms with E-state index in [9.17, 15) is 9.59 Å². The molecule has 3 rings (SSSR count). The van der Waals surface area contributed by atoms with Crippen molar-refractivity contribution >= 4 is 35.3 Å². The molecule has 0 unspecified atom stereocenters. The Labute approximate surface area is 157 Å². The quantitative estimate of drug-likeness (QED) is 0.714. The predicted molar refractivity (Wildman–Crippen MR) is 103 cm³/mol. The zero-order chi connectivity index (χ0) is 18.7. The number of carbonyl (C=O) groups excluding carboxylic acids is 2. The number of hydrogen-bond donors (Lipinski definition) is 2. The highest BCUT2D eigenvalue weighted by Crippen LogP contribution is 2.44. The van der Waals surface area contributed by atoms with Crippen LogP contribution in [-0.2, 0) is 9.59 Å². The number of hydrogen-bond acceptors (Lipinski definition) is 5. The minimum Gasteiger partial charge on any atom is -0.484 e. The molecule has 6 heteroatoms. The Bertz CT molecular complexity index is 830. The monoisotopic (exact) mass is 369 g/mol. The molecule has 0 spiro atoms. The number of rotatable bonds is 5. The van der Waals surface area contributed by atoms with Gasteiger partial charge in [-0.3, -0.25) is 9.59 Å². The summed E-state index contributed by atoms with van der Waals surface area (Å²) in [5, 5.41) is 6.02. The molecule has 2 aromatic carbocycles. The smallest absolute Gasteiger partial charge is 0.258 e. The van der Waals surface area contributed by atoms with Gasteiger partial charge < -0.3 is 15.4 Å². The second-order valence-electron chi connectivity index (χ2n) is 7.15. The number of ether oxygens (including phenoxy) is 1. The van der Waals surface area contributed by atoms with Crippen LogP contribution in [-0.4, -0.2) is 24.8 Å². The number of fused-ring (bicyclic) bond motifs is 2. The highest BCUT2D eigenvalue weighted by molar-refractivity contribution is 7.99. The van der Waals surface area contributed by atoms with Gasteiger partial charge in [-0.25, -0.2) is 0 Å². The Kier molecular flexibility index (Phi) is 5.23. The summed E-state index contributed by atoms with van der Waals surface area (Å²) in [5.74, 6) is 0.243. The summed E-state index contributed by atoms with van der Waals surface area (Å²) >= 11 is 1.69. The maximum Gasteiger partial charge on any atom is 0.258 e. The van der Waals surface area contributed by atoms with Crippen molar-refractivity contribution in [3.8, 4) is 5.75 Å².